The van der Waals surface area contributed by atoms with E-state index in [0.29, 0.717) is 56.5 Å². The first kappa shape index (κ1) is 22.4. The highest BCUT2D eigenvalue weighted by molar-refractivity contribution is 7.89. The molecule has 0 aromatic heterocycles. The molecule has 0 atom stereocenters. The third kappa shape index (κ3) is 4.50. The Hall–Kier alpha value is -3.38. The highest BCUT2D eigenvalue weighted by Crippen LogP contribution is 2.33. The number of nitrogens with zero attached hydrogens (tertiary/aromatic N) is 3. The van der Waals surface area contributed by atoms with Crippen LogP contribution in [0.3, 0.4) is 0 Å². The zero-order chi connectivity index (χ0) is 23.5. The van der Waals surface area contributed by atoms with Crippen LogP contribution in [0.1, 0.15) is 11.1 Å². The lowest BCUT2D eigenvalue weighted by molar-refractivity contribution is 0.170. The van der Waals surface area contributed by atoms with Crippen molar-refractivity contribution < 1.29 is 17.9 Å². The number of hydrogen-bond donors (Lipinski definition) is 0. The molecule has 3 aromatic carbocycles. The fraction of sp³-hybridized carbons (Fsp3) is 0.269. The Kier molecular flexibility index (Phi) is 6.24. The van der Waals surface area contributed by atoms with Crippen molar-refractivity contribution in [3.63, 3.8) is 0 Å². The summed E-state index contributed by atoms with van der Waals surface area (Å²) in [6.07, 6.45) is 0. The van der Waals surface area contributed by atoms with E-state index >= 15 is 0 Å². The smallest absolute Gasteiger partial charge is 0.243 e. The largest absolute Gasteiger partial charge is 0.486 e. The number of rotatable bonds is 5. The minimum atomic E-state index is -3.59. The van der Waals surface area contributed by atoms with Gasteiger partial charge in [0.1, 0.15) is 13.2 Å². The first-order valence-electron chi connectivity index (χ1n) is 11.3. The summed E-state index contributed by atoms with van der Waals surface area (Å²) in [5.74, 6) is 1.06. The Morgan fingerprint density at radius 3 is 2.29 bits per heavy atom. The lowest BCUT2D eigenvalue weighted by Gasteiger charge is -2.34. The van der Waals surface area contributed by atoms with Gasteiger partial charge >= 0.3 is 0 Å². The summed E-state index contributed by atoms with van der Waals surface area (Å²) in [7, 11) is -3.59. The molecular formula is C26H25N3O4S. The summed E-state index contributed by atoms with van der Waals surface area (Å²) in [6.45, 7) is 3.82. The van der Waals surface area contributed by atoms with E-state index in [1.165, 1.54) is 4.31 Å². The summed E-state index contributed by atoms with van der Waals surface area (Å²) in [5.41, 5.74) is 3.75. The van der Waals surface area contributed by atoms with Gasteiger partial charge in [-0.2, -0.15) is 9.57 Å². The fourth-order valence-corrected chi connectivity index (χ4v) is 5.78. The molecule has 0 saturated carbocycles. The quantitative estimate of drug-likeness (QED) is 0.562. The second-order valence-corrected chi connectivity index (χ2v) is 10.3. The lowest BCUT2D eigenvalue weighted by Crippen LogP contribution is -2.48. The minimum absolute atomic E-state index is 0.235. The molecule has 2 aliphatic heterocycles. The van der Waals surface area contributed by atoms with Crippen molar-refractivity contribution in [2.75, 3.05) is 39.4 Å². The average molecular weight is 476 g/mol. The van der Waals surface area contributed by atoms with Crippen LogP contribution in [0.15, 0.2) is 71.6 Å². The number of nitriles is 1. The van der Waals surface area contributed by atoms with Crippen LogP contribution in [-0.2, 0) is 16.6 Å². The van der Waals surface area contributed by atoms with Crippen LogP contribution in [0.4, 0.5) is 0 Å². The van der Waals surface area contributed by atoms with Crippen LogP contribution in [0.25, 0.3) is 11.1 Å². The highest BCUT2D eigenvalue weighted by atomic mass is 32.2. The first-order chi connectivity index (χ1) is 16.5. The van der Waals surface area contributed by atoms with E-state index in [-0.39, 0.29) is 4.90 Å². The van der Waals surface area contributed by atoms with Crippen molar-refractivity contribution in [2.24, 2.45) is 0 Å². The predicted molar refractivity (Wildman–Crippen MR) is 128 cm³/mol. The van der Waals surface area contributed by atoms with Gasteiger partial charge in [0.15, 0.2) is 11.5 Å². The maximum atomic E-state index is 13.2. The molecular weight excluding hydrogens is 450 g/mol. The number of fused-ring (bicyclic) bond motifs is 1. The van der Waals surface area contributed by atoms with Crippen LogP contribution in [0, 0.1) is 11.3 Å². The van der Waals surface area contributed by atoms with Gasteiger partial charge in [0.05, 0.1) is 16.5 Å². The van der Waals surface area contributed by atoms with Crippen LogP contribution in [0.2, 0.25) is 0 Å². The van der Waals surface area contributed by atoms with E-state index in [0.717, 1.165) is 23.2 Å². The van der Waals surface area contributed by atoms with Gasteiger partial charge in [-0.1, -0.05) is 42.5 Å². The Balaban J connectivity index is 1.21. The van der Waals surface area contributed by atoms with Gasteiger partial charge < -0.3 is 9.47 Å². The normalized spacial score (nSPS) is 16.7. The SMILES string of the molecule is N#Cc1ccccc1-c1ccc(CN2CCN(S(=O)(=O)c3ccc4c(c3)OCCO4)CC2)cc1. The highest BCUT2D eigenvalue weighted by Gasteiger charge is 2.29. The monoisotopic (exact) mass is 475 g/mol. The molecule has 5 rings (SSSR count). The van der Waals surface area contributed by atoms with E-state index in [2.05, 4.69) is 23.1 Å². The van der Waals surface area contributed by atoms with E-state index < -0.39 is 10.0 Å². The summed E-state index contributed by atoms with van der Waals surface area (Å²) in [5, 5.41) is 9.34. The van der Waals surface area contributed by atoms with Crippen molar-refractivity contribution in [1.82, 2.24) is 9.21 Å². The molecule has 8 heteroatoms. The number of ether oxygens (including phenoxy) is 2. The van der Waals surface area contributed by atoms with Crippen LogP contribution >= 0.6 is 0 Å². The first-order valence-corrected chi connectivity index (χ1v) is 12.7. The van der Waals surface area contributed by atoms with Gasteiger partial charge in [0.2, 0.25) is 10.0 Å². The van der Waals surface area contributed by atoms with Crippen molar-refractivity contribution in [3.05, 3.63) is 77.9 Å². The fourth-order valence-electron chi connectivity index (χ4n) is 4.34. The number of hydrogen-bond acceptors (Lipinski definition) is 6. The maximum absolute atomic E-state index is 13.2. The molecule has 1 fully saturated rings. The van der Waals surface area contributed by atoms with Gasteiger partial charge in [-0.05, 0) is 34.9 Å². The summed E-state index contributed by atoms with van der Waals surface area (Å²) < 4.78 is 38.9. The summed E-state index contributed by atoms with van der Waals surface area (Å²) >= 11 is 0. The zero-order valence-electron chi connectivity index (χ0n) is 18.7. The molecule has 0 bridgehead atoms. The van der Waals surface area contributed by atoms with Crippen molar-refractivity contribution in [1.29, 1.82) is 5.26 Å². The Labute approximate surface area is 199 Å². The van der Waals surface area contributed by atoms with Crippen molar-refractivity contribution in [3.8, 4) is 28.7 Å². The molecule has 0 N–H and O–H groups in total. The van der Waals surface area contributed by atoms with Gasteiger partial charge in [-0.25, -0.2) is 8.42 Å². The third-order valence-electron chi connectivity index (χ3n) is 6.20. The lowest BCUT2D eigenvalue weighted by atomic mass is 9.99. The molecule has 1 saturated heterocycles. The second kappa shape index (κ2) is 9.47. The molecule has 34 heavy (non-hydrogen) atoms. The zero-order valence-corrected chi connectivity index (χ0v) is 19.5. The number of benzene rings is 3. The maximum Gasteiger partial charge on any atom is 0.243 e. The van der Waals surface area contributed by atoms with Crippen LogP contribution < -0.4 is 9.47 Å². The third-order valence-corrected chi connectivity index (χ3v) is 8.10. The topological polar surface area (TPSA) is 82.9 Å². The number of sulfonamides is 1. The van der Waals surface area contributed by atoms with Gasteiger partial charge in [0.25, 0.3) is 0 Å². The Morgan fingerprint density at radius 2 is 1.56 bits per heavy atom. The van der Waals surface area contributed by atoms with E-state index in [9.17, 15) is 13.7 Å². The molecule has 0 unspecified atom stereocenters. The molecule has 0 spiro atoms. The molecule has 0 amide bonds. The van der Waals surface area contributed by atoms with Gasteiger partial charge in [-0.3, -0.25) is 4.90 Å². The van der Waals surface area contributed by atoms with Crippen LogP contribution in [-0.4, -0.2) is 57.0 Å². The summed E-state index contributed by atoms with van der Waals surface area (Å²) in [6, 6.07) is 22.8. The van der Waals surface area contributed by atoms with E-state index in [4.69, 9.17) is 9.47 Å². The number of piperazine rings is 1. The molecule has 2 heterocycles. The minimum Gasteiger partial charge on any atom is -0.486 e. The van der Waals surface area contributed by atoms with E-state index in [1.807, 2.05) is 36.4 Å². The van der Waals surface area contributed by atoms with Crippen LogP contribution in [0.5, 0.6) is 11.5 Å². The molecule has 0 radical (unpaired) electrons. The molecule has 7 nitrogen and oxygen atoms in total. The standard InChI is InChI=1S/C26H25N3O4S/c27-18-22-3-1-2-4-24(22)21-7-5-20(6-8-21)19-28-11-13-29(14-12-28)34(30,31)23-9-10-25-26(17-23)33-16-15-32-25/h1-10,17H,11-16,19H2. The van der Waals surface area contributed by atoms with Crippen molar-refractivity contribution in [2.45, 2.75) is 11.4 Å². The van der Waals surface area contributed by atoms with Gasteiger partial charge in [-0.15, -0.1) is 0 Å². The Bertz CT molecular complexity index is 1320. The molecule has 0 aliphatic carbocycles. The molecule has 174 valence electrons. The average Bonchev–Trinajstić information content (AvgIpc) is 2.89. The second-order valence-electron chi connectivity index (χ2n) is 8.34. The predicted octanol–water partition coefficient (Wildman–Crippen LogP) is 3.50. The van der Waals surface area contributed by atoms with E-state index in [1.54, 1.807) is 18.2 Å². The van der Waals surface area contributed by atoms with Crippen molar-refractivity contribution >= 4 is 10.0 Å². The van der Waals surface area contributed by atoms with Gasteiger partial charge in [0, 0.05) is 38.8 Å². The molecule has 3 aromatic rings. The Morgan fingerprint density at radius 1 is 0.853 bits per heavy atom. The summed E-state index contributed by atoms with van der Waals surface area (Å²) in [4.78, 5) is 2.49. The molecule has 2 aliphatic rings.